The molecule has 2 rings (SSSR count). The number of hydrogen-bond acceptors (Lipinski definition) is 3. The van der Waals surface area contributed by atoms with Crippen molar-refractivity contribution < 1.29 is 4.79 Å². The smallest absolute Gasteiger partial charge is 0.230 e. The molecule has 0 bridgehead atoms. The molecule has 0 aliphatic rings. The van der Waals surface area contributed by atoms with Crippen molar-refractivity contribution >= 4 is 34.9 Å². The second-order valence-electron chi connectivity index (χ2n) is 4.44. The summed E-state index contributed by atoms with van der Waals surface area (Å²) < 4.78 is 0. The van der Waals surface area contributed by atoms with E-state index in [-0.39, 0.29) is 5.91 Å². The monoisotopic (exact) mass is 316 g/mol. The number of thioether (sulfide) groups is 1. The van der Waals surface area contributed by atoms with Crippen molar-refractivity contribution in [1.29, 1.82) is 0 Å². The lowest BCUT2D eigenvalue weighted by Gasteiger charge is -2.07. The van der Waals surface area contributed by atoms with Crippen LogP contribution in [0.15, 0.2) is 59.5 Å². The molecule has 0 saturated carbocycles. The summed E-state index contributed by atoms with van der Waals surface area (Å²) in [5, 5.41) is 2.89. The minimum Gasteiger partial charge on any atom is -0.389 e. The third-order valence-corrected chi connectivity index (χ3v) is 4.06. The minimum atomic E-state index is 0.00424. The van der Waals surface area contributed by atoms with Crippen molar-refractivity contribution in [1.82, 2.24) is 5.32 Å². The van der Waals surface area contributed by atoms with Crippen LogP contribution >= 0.6 is 24.0 Å². The first-order valence-corrected chi connectivity index (χ1v) is 7.88. The first-order valence-electron chi connectivity index (χ1n) is 6.48. The Balaban J connectivity index is 1.81. The highest BCUT2D eigenvalue weighted by molar-refractivity contribution is 8.00. The Bertz CT molecular complexity index is 629. The molecule has 0 saturated heterocycles. The van der Waals surface area contributed by atoms with Gasteiger partial charge in [0.2, 0.25) is 5.91 Å². The molecule has 3 N–H and O–H groups in total. The lowest BCUT2D eigenvalue weighted by molar-refractivity contribution is -0.118. The fourth-order valence-corrected chi connectivity index (χ4v) is 2.63. The molecule has 21 heavy (non-hydrogen) atoms. The zero-order chi connectivity index (χ0) is 15.1. The second-order valence-corrected chi connectivity index (χ2v) is 5.93. The first kappa shape index (κ1) is 15.5. The largest absolute Gasteiger partial charge is 0.389 e. The van der Waals surface area contributed by atoms with E-state index in [1.165, 1.54) is 11.8 Å². The van der Waals surface area contributed by atoms with E-state index in [2.05, 4.69) is 5.32 Å². The van der Waals surface area contributed by atoms with E-state index in [9.17, 15) is 4.79 Å². The van der Waals surface area contributed by atoms with E-state index in [4.69, 9.17) is 18.0 Å². The van der Waals surface area contributed by atoms with E-state index >= 15 is 0 Å². The van der Waals surface area contributed by atoms with Crippen LogP contribution in [0.25, 0.3) is 0 Å². The fourth-order valence-electron chi connectivity index (χ4n) is 1.75. The van der Waals surface area contributed by atoms with Gasteiger partial charge >= 0.3 is 0 Å². The van der Waals surface area contributed by atoms with Gasteiger partial charge in [-0.25, -0.2) is 0 Å². The van der Waals surface area contributed by atoms with Gasteiger partial charge in [0.25, 0.3) is 0 Å². The number of nitrogens with one attached hydrogen (secondary N) is 1. The van der Waals surface area contributed by atoms with Crippen LogP contribution in [0.3, 0.4) is 0 Å². The van der Waals surface area contributed by atoms with Gasteiger partial charge in [-0.3, -0.25) is 4.79 Å². The maximum Gasteiger partial charge on any atom is 0.230 e. The molecule has 5 heteroatoms. The van der Waals surface area contributed by atoms with E-state index in [1.807, 2.05) is 54.6 Å². The Morgan fingerprint density at radius 2 is 1.90 bits per heavy atom. The van der Waals surface area contributed by atoms with Crippen molar-refractivity contribution in [3.05, 3.63) is 65.7 Å². The molecular weight excluding hydrogens is 300 g/mol. The highest BCUT2D eigenvalue weighted by Gasteiger charge is 2.04. The van der Waals surface area contributed by atoms with Gasteiger partial charge < -0.3 is 11.1 Å². The molecule has 0 unspecified atom stereocenters. The topological polar surface area (TPSA) is 55.1 Å². The Kier molecular flexibility index (Phi) is 5.78. The van der Waals surface area contributed by atoms with Crippen LogP contribution < -0.4 is 11.1 Å². The summed E-state index contributed by atoms with van der Waals surface area (Å²) in [5.41, 5.74) is 7.39. The van der Waals surface area contributed by atoms with Crippen molar-refractivity contribution in [3.63, 3.8) is 0 Å². The van der Waals surface area contributed by atoms with E-state index in [1.54, 1.807) is 0 Å². The van der Waals surface area contributed by atoms with Crippen molar-refractivity contribution in [2.24, 2.45) is 5.73 Å². The Morgan fingerprint density at radius 3 is 2.62 bits per heavy atom. The molecule has 2 aromatic rings. The van der Waals surface area contributed by atoms with Crippen LogP contribution in [0.4, 0.5) is 0 Å². The molecule has 0 atom stereocenters. The Hall–Kier alpha value is -1.85. The number of amides is 1. The van der Waals surface area contributed by atoms with Crippen LogP contribution in [-0.4, -0.2) is 16.6 Å². The molecule has 0 aliphatic carbocycles. The lowest BCUT2D eigenvalue weighted by atomic mass is 10.1. The van der Waals surface area contributed by atoms with Crippen LogP contribution in [0.2, 0.25) is 0 Å². The molecule has 3 nitrogen and oxygen atoms in total. The standard InChI is InChI=1S/C16H16N2OS2/c17-16(20)13-6-4-5-12(9-13)10-18-15(19)11-21-14-7-2-1-3-8-14/h1-9H,10-11H2,(H2,17,20)(H,18,19). The molecule has 0 spiro atoms. The molecule has 1 amide bonds. The predicted octanol–water partition coefficient (Wildman–Crippen LogP) is 2.73. The van der Waals surface area contributed by atoms with Crippen LogP contribution in [0.5, 0.6) is 0 Å². The molecule has 108 valence electrons. The van der Waals surface area contributed by atoms with E-state index in [0.29, 0.717) is 17.3 Å². The molecule has 0 aromatic heterocycles. The van der Waals surface area contributed by atoms with Gasteiger partial charge in [-0.15, -0.1) is 11.8 Å². The average Bonchev–Trinajstić information content (AvgIpc) is 2.52. The number of rotatable bonds is 6. The molecule has 0 heterocycles. The molecule has 2 aromatic carbocycles. The lowest BCUT2D eigenvalue weighted by Crippen LogP contribution is -2.24. The van der Waals surface area contributed by atoms with Crippen LogP contribution in [0.1, 0.15) is 11.1 Å². The highest BCUT2D eigenvalue weighted by atomic mass is 32.2. The van der Waals surface area contributed by atoms with Crippen molar-refractivity contribution in [2.75, 3.05) is 5.75 Å². The molecule has 0 fully saturated rings. The summed E-state index contributed by atoms with van der Waals surface area (Å²) in [6.07, 6.45) is 0. The number of carbonyl (C=O) groups is 1. The van der Waals surface area contributed by atoms with Crippen molar-refractivity contribution in [3.8, 4) is 0 Å². The summed E-state index contributed by atoms with van der Waals surface area (Å²) in [6.45, 7) is 0.477. The first-order chi connectivity index (χ1) is 10.1. The summed E-state index contributed by atoms with van der Waals surface area (Å²) >= 11 is 6.46. The number of hydrogen-bond donors (Lipinski definition) is 2. The number of carbonyl (C=O) groups excluding carboxylic acids is 1. The minimum absolute atomic E-state index is 0.00424. The van der Waals surface area contributed by atoms with Gasteiger partial charge in [0.05, 0.1) is 5.75 Å². The highest BCUT2D eigenvalue weighted by Crippen LogP contribution is 2.16. The number of nitrogens with two attached hydrogens (primary N) is 1. The second kappa shape index (κ2) is 7.81. The maximum atomic E-state index is 11.8. The predicted molar refractivity (Wildman–Crippen MR) is 91.3 cm³/mol. The van der Waals surface area contributed by atoms with Crippen LogP contribution in [-0.2, 0) is 11.3 Å². The van der Waals surface area contributed by atoms with E-state index in [0.717, 1.165) is 16.0 Å². The third-order valence-electron chi connectivity index (χ3n) is 2.81. The fraction of sp³-hybridized carbons (Fsp3) is 0.125. The van der Waals surface area contributed by atoms with Gasteiger partial charge in [-0.1, -0.05) is 48.6 Å². The van der Waals surface area contributed by atoms with Crippen LogP contribution in [0, 0.1) is 0 Å². The van der Waals surface area contributed by atoms with Gasteiger partial charge in [-0.2, -0.15) is 0 Å². The SMILES string of the molecule is NC(=S)c1cccc(CNC(=O)CSc2ccccc2)c1. The molecule has 0 radical (unpaired) electrons. The van der Waals surface area contributed by atoms with E-state index < -0.39 is 0 Å². The Morgan fingerprint density at radius 1 is 1.14 bits per heavy atom. The van der Waals surface area contributed by atoms with Gasteiger partial charge in [0.15, 0.2) is 0 Å². The normalized spacial score (nSPS) is 10.1. The van der Waals surface area contributed by atoms with Gasteiger partial charge in [0.1, 0.15) is 4.99 Å². The Labute approximate surface area is 133 Å². The molecular formula is C16H16N2OS2. The zero-order valence-corrected chi connectivity index (χ0v) is 13.0. The number of thiocarbonyl (C=S) groups is 1. The summed E-state index contributed by atoms with van der Waals surface area (Å²) in [4.78, 5) is 13.3. The number of benzene rings is 2. The third kappa shape index (κ3) is 5.21. The summed E-state index contributed by atoms with van der Waals surface area (Å²) in [7, 11) is 0. The van der Waals surface area contributed by atoms with Crippen molar-refractivity contribution in [2.45, 2.75) is 11.4 Å². The summed E-state index contributed by atoms with van der Waals surface area (Å²) in [5.74, 6) is 0.406. The quantitative estimate of drug-likeness (QED) is 0.635. The van der Waals surface area contributed by atoms with Gasteiger partial charge in [0, 0.05) is 17.0 Å². The summed E-state index contributed by atoms with van der Waals surface area (Å²) in [6, 6.07) is 17.4. The zero-order valence-electron chi connectivity index (χ0n) is 11.4. The molecule has 0 aliphatic heterocycles. The average molecular weight is 316 g/mol. The maximum absolute atomic E-state index is 11.8. The van der Waals surface area contributed by atoms with Gasteiger partial charge in [-0.05, 0) is 23.8 Å².